The highest BCUT2D eigenvalue weighted by molar-refractivity contribution is 6.06. The maximum atomic E-state index is 9.21. The van der Waals surface area contributed by atoms with Crippen molar-refractivity contribution in [1.29, 1.82) is 5.26 Å². The van der Waals surface area contributed by atoms with Crippen LogP contribution in [-0.2, 0) is 4.84 Å². The monoisotopic (exact) mass is 248 g/mol. The van der Waals surface area contributed by atoms with Crippen LogP contribution in [0, 0.1) is 11.3 Å². The number of rotatable bonds is 2. The molecule has 0 spiro atoms. The van der Waals surface area contributed by atoms with Crippen LogP contribution in [0.3, 0.4) is 0 Å². The van der Waals surface area contributed by atoms with Gasteiger partial charge in [-0.1, -0.05) is 65.8 Å². The van der Waals surface area contributed by atoms with Crippen molar-refractivity contribution in [3.05, 3.63) is 71.8 Å². The minimum atomic E-state index is -0.558. The topological polar surface area (TPSA) is 45.4 Å². The molecule has 0 aliphatic carbocycles. The first-order valence-electron chi connectivity index (χ1n) is 6.14. The second-order valence-electron chi connectivity index (χ2n) is 4.39. The van der Waals surface area contributed by atoms with Gasteiger partial charge in [-0.2, -0.15) is 5.26 Å². The molecule has 1 aliphatic rings. The van der Waals surface area contributed by atoms with E-state index in [1.807, 2.05) is 60.7 Å². The van der Waals surface area contributed by atoms with Crippen molar-refractivity contribution < 1.29 is 4.84 Å². The van der Waals surface area contributed by atoms with Crippen LogP contribution < -0.4 is 0 Å². The lowest BCUT2D eigenvalue weighted by Gasteiger charge is -2.14. The second kappa shape index (κ2) is 4.95. The summed E-state index contributed by atoms with van der Waals surface area (Å²) >= 11 is 0. The molecule has 0 fully saturated rings. The van der Waals surface area contributed by atoms with E-state index in [9.17, 15) is 5.26 Å². The van der Waals surface area contributed by atoms with Gasteiger partial charge < -0.3 is 4.84 Å². The van der Waals surface area contributed by atoms with Crippen LogP contribution in [0.2, 0.25) is 0 Å². The minimum absolute atomic E-state index is 0.131. The van der Waals surface area contributed by atoms with Gasteiger partial charge >= 0.3 is 0 Å². The van der Waals surface area contributed by atoms with Gasteiger partial charge in [0.25, 0.3) is 0 Å². The largest absolute Gasteiger partial charge is 0.376 e. The summed E-state index contributed by atoms with van der Waals surface area (Å²) in [6.07, 6.45) is -0.558. The molecule has 3 nitrogen and oxygen atoms in total. The summed E-state index contributed by atoms with van der Waals surface area (Å²) in [6, 6.07) is 21.9. The molecule has 1 aliphatic heterocycles. The van der Waals surface area contributed by atoms with Crippen molar-refractivity contribution in [2.75, 3.05) is 0 Å². The van der Waals surface area contributed by atoms with Crippen LogP contribution in [-0.4, -0.2) is 11.8 Å². The summed E-state index contributed by atoms with van der Waals surface area (Å²) in [5, 5.41) is 13.3. The summed E-state index contributed by atoms with van der Waals surface area (Å²) in [4.78, 5) is 5.26. The van der Waals surface area contributed by atoms with Crippen molar-refractivity contribution in [3.63, 3.8) is 0 Å². The summed E-state index contributed by atoms with van der Waals surface area (Å²) in [5.74, 6) is -0.131. The van der Waals surface area contributed by atoms with Gasteiger partial charge in [-0.15, -0.1) is 0 Å². The summed E-state index contributed by atoms with van der Waals surface area (Å²) in [7, 11) is 0. The van der Waals surface area contributed by atoms with Gasteiger partial charge in [0.15, 0.2) is 0 Å². The molecule has 0 radical (unpaired) electrons. The van der Waals surface area contributed by atoms with E-state index < -0.39 is 6.10 Å². The number of nitriles is 1. The van der Waals surface area contributed by atoms with Gasteiger partial charge in [-0.05, 0) is 5.56 Å². The average Bonchev–Trinajstić information content (AvgIpc) is 2.93. The highest BCUT2D eigenvalue weighted by atomic mass is 16.6. The summed E-state index contributed by atoms with van der Waals surface area (Å²) in [5.41, 5.74) is 2.86. The molecule has 0 aromatic heterocycles. The van der Waals surface area contributed by atoms with Crippen molar-refractivity contribution in [2.45, 2.75) is 12.0 Å². The van der Waals surface area contributed by atoms with E-state index in [-0.39, 0.29) is 5.92 Å². The zero-order valence-corrected chi connectivity index (χ0v) is 10.2. The first kappa shape index (κ1) is 11.5. The lowest BCUT2D eigenvalue weighted by atomic mass is 9.87. The quantitative estimate of drug-likeness (QED) is 0.819. The molecule has 3 heteroatoms. The van der Waals surface area contributed by atoms with Gasteiger partial charge in [0, 0.05) is 5.56 Å². The van der Waals surface area contributed by atoms with Crippen LogP contribution in [0.15, 0.2) is 65.8 Å². The molecule has 0 amide bonds. The van der Waals surface area contributed by atoms with Crippen molar-refractivity contribution in [1.82, 2.24) is 0 Å². The standard InChI is InChI=1S/C16H12N2O/c17-11-14-15(12-7-3-1-4-8-12)16(18-19-14)13-9-5-2-6-10-13/h1-10,14-15H/t14-,15-/m1/s1. The fourth-order valence-corrected chi connectivity index (χ4v) is 2.31. The molecule has 0 bridgehead atoms. The Morgan fingerprint density at radius 1 is 0.947 bits per heavy atom. The molecule has 0 saturated heterocycles. The van der Waals surface area contributed by atoms with Crippen molar-refractivity contribution in [3.8, 4) is 6.07 Å². The molecule has 92 valence electrons. The molecule has 2 aromatic carbocycles. The van der Waals surface area contributed by atoms with Gasteiger partial charge in [-0.3, -0.25) is 0 Å². The smallest absolute Gasteiger partial charge is 0.225 e. The number of benzene rings is 2. The fourth-order valence-electron chi connectivity index (χ4n) is 2.31. The third-order valence-electron chi connectivity index (χ3n) is 3.22. The van der Waals surface area contributed by atoms with Gasteiger partial charge in [0.1, 0.15) is 6.07 Å². The summed E-state index contributed by atoms with van der Waals surface area (Å²) < 4.78 is 0. The highest BCUT2D eigenvalue weighted by Gasteiger charge is 2.36. The molecule has 1 heterocycles. The predicted molar refractivity (Wildman–Crippen MR) is 72.6 cm³/mol. The van der Waals surface area contributed by atoms with E-state index in [4.69, 9.17) is 4.84 Å². The SMILES string of the molecule is N#C[C@H]1ON=C(c2ccccc2)[C@@H]1c1ccccc1. The molecule has 2 aromatic rings. The number of nitrogens with zero attached hydrogens (tertiary/aromatic N) is 2. The Labute approximate surface area is 111 Å². The van der Waals surface area contributed by atoms with Gasteiger partial charge in [0.05, 0.1) is 11.6 Å². The Kier molecular flexibility index (Phi) is 2.99. The molecule has 0 unspecified atom stereocenters. The second-order valence-corrected chi connectivity index (χ2v) is 4.39. The normalized spacial score (nSPS) is 21.3. The minimum Gasteiger partial charge on any atom is -0.376 e. The third kappa shape index (κ3) is 2.09. The molecular weight excluding hydrogens is 236 g/mol. The van der Waals surface area contributed by atoms with Crippen LogP contribution in [0.1, 0.15) is 17.0 Å². The predicted octanol–water partition coefficient (Wildman–Crippen LogP) is 3.10. The maximum Gasteiger partial charge on any atom is 0.225 e. The molecule has 0 N–H and O–H groups in total. The van der Waals surface area contributed by atoms with E-state index in [1.165, 1.54) is 0 Å². The Morgan fingerprint density at radius 3 is 2.21 bits per heavy atom. The fraction of sp³-hybridized carbons (Fsp3) is 0.125. The van der Waals surface area contributed by atoms with E-state index >= 15 is 0 Å². The zero-order valence-electron chi connectivity index (χ0n) is 10.2. The maximum absolute atomic E-state index is 9.21. The van der Waals surface area contributed by atoms with Gasteiger partial charge in [-0.25, -0.2) is 0 Å². The summed E-state index contributed by atoms with van der Waals surface area (Å²) in [6.45, 7) is 0. The molecule has 3 rings (SSSR count). The molecule has 19 heavy (non-hydrogen) atoms. The number of hydrogen-bond acceptors (Lipinski definition) is 3. The van der Waals surface area contributed by atoms with E-state index in [2.05, 4.69) is 11.2 Å². The number of hydrogen-bond donors (Lipinski definition) is 0. The van der Waals surface area contributed by atoms with Crippen LogP contribution in [0.4, 0.5) is 0 Å². The van der Waals surface area contributed by atoms with Crippen molar-refractivity contribution >= 4 is 5.71 Å². The Bertz CT molecular complexity index is 629. The lowest BCUT2D eigenvalue weighted by Crippen LogP contribution is -2.20. The zero-order chi connectivity index (χ0) is 13.1. The molecule has 2 atom stereocenters. The first-order valence-corrected chi connectivity index (χ1v) is 6.14. The average molecular weight is 248 g/mol. The Hall–Kier alpha value is -2.60. The van der Waals surface area contributed by atoms with E-state index in [0.29, 0.717) is 0 Å². The van der Waals surface area contributed by atoms with Crippen LogP contribution >= 0.6 is 0 Å². The Balaban J connectivity index is 2.03. The van der Waals surface area contributed by atoms with Gasteiger partial charge in [0.2, 0.25) is 6.10 Å². The number of oxime groups is 1. The van der Waals surface area contributed by atoms with E-state index in [1.54, 1.807) is 0 Å². The van der Waals surface area contributed by atoms with Crippen LogP contribution in [0.25, 0.3) is 0 Å². The van der Waals surface area contributed by atoms with Crippen molar-refractivity contribution in [2.24, 2.45) is 5.16 Å². The molecular formula is C16H12N2O. The third-order valence-corrected chi connectivity index (χ3v) is 3.22. The lowest BCUT2D eigenvalue weighted by molar-refractivity contribution is 0.116. The first-order chi connectivity index (χ1) is 9.40. The molecule has 0 saturated carbocycles. The Morgan fingerprint density at radius 2 is 1.58 bits per heavy atom. The van der Waals surface area contributed by atoms with E-state index in [0.717, 1.165) is 16.8 Å². The van der Waals surface area contributed by atoms with Crippen LogP contribution in [0.5, 0.6) is 0 Å². The highest BCUT2D eigenvalue weighted by Crippen LogP contribution is 2.31.